The van der Waals surface area contributed by atoms with Gasteiger partial charge in [0.05, 0.1) is 10.0 Å². The SMILES string of the molecule is Cc1ccc(F)cc1COc1cc(C(=O)O)ccc1Br. The molecule has 0 aliphatic rings. The quantitative estimate of drug-likeness (QED) is 0.909. The first-order valence-electron chi connectivity index (χ1n) is 5.88. The van der Waals surface area contributed by atoms with Crippen molar-refractivity contribution in [1.29, 1.82) is 0 Å². The molecule has 0 saturated carbocycles. The molecule has 0 bridgehead atoms. The van der Waals surface area contributed by atoms with Crippen molar-refractivity contribution in [3.8, 4) is 5.75 Å². The van der Waals surface area contributed by atoms with E-state index in [2.05, 4.69) is 15.9 Å². The second-order valence-electron chi connectivity index (χ2n) is 4.31. The molecule has 2 rings (SSSR count). The number of carboxylic acid groups (broad SMARTS) is 1. The summed E-state index contributed by atoms with van der Waals surface area (Å²) in [5.74, 6) is -0.939. The zero-order valence-corrected chi connectivity index (χ0v) is 12.3. The van der Waals surface area contributed by atoms with Gasteiger partial charge in [-0.15, -0.1) is 0 Å². The molecule has 2 aromatic carbocycles. The summed E-state index contributed by atoms with van der Waals surface area (Å²) < 4.78 is 19.4. The fourth-order valence-corrected chi connectivity index (χ4v) is 2.06. The number of ether oxygens (including phenoxy) is 1. The molecule has 3 nitrogen and oxygen atoms in total. The maximum Gasteiger partial charge on any atom is 0.335 e. The fourth-order valence-electron chi connectivity index (χ4n) is 1.70. The molecule has 5 heteroatoms. The average molecular weight is 339 g/mol. The third kappa shape index (κ3) is 3.36. The lowest BCUT2D eigenvalue weighted by Gasteiger charge is -2.11. The highest BCUT2D eigenvalue weighted by Gasteiger charge is 2.09. The highest BCUT2D eigenvalue weighted by Crippen LogP contribution is 2.27. The van der Waals surface area contributed by atoms with E-state index in [0.29, 0.717) is 10.2 Å². The Kier molecular flexibility index (Phi) is 4.39. The van der Waals surface area contributed by atoms with E-state index in [0.717, 1.165) is 11.1 Å². The molecule has 0 fully saturated rings. The highest BCUT2D eigenvalue weighted by molar-refractivity contribution is 9.10. The van der Waals surface area contributed by atoms with Gasteiger partial charge in [0.1, 0.15) is 18.2 Å². The third-order valence-corrected chi connectivity index (χ3v) is 3.53. The second-order valence-corrected chi connectivity index (χ2v) is 5.16. The van der Waals surface area contributed by atoms with Crippen LogP contribution in [0.4, 0.5) is 4.39 Å². The number of benzene rings is 2. The summed E-state index contributed by atoms with van der Waals surface area (Å²) in [7, 11) is 0. The van der Waals surface area contributed by atoms with Crippen LogP contribution in [0.15, 0.2) is 40.9 Å². The van der Waals surface area contributed by atoms with E-state index >= 15 is 0 Å². The molecule has 20 heavy (non-hydrogen) atoms. The van der Waals surface area contributed by atoms with Crippen LogP contribution in [0.5, 0.6) is 5.75 Å². The first-order chi connectivity index (χ1) is 9.47. The molecule has 104 valence electrons. The molecule has 2 aromatic rings. The Morgan fingerprint density at radius 2 is 2.05 bits per heavy atom. The molecule has 0 unspecified atom stereocenters. The Morgan fingerprint density at radius 3 is 2.75 bits per heavy atom. The van der Waals surface area contributed by atoms with Crippen LogP contribution in [0.3, 0.4) is 0 Å². The van der Waals surface area contributed by atoms with Gasteiger partial charge in [-0.25, -0.2) is 9.18 Å². The summed E-state index contributed by atoms with van der Waals surface area (Å²) in [4.78, 5) is 10.9. The minimum absolute atomic E-state index is 0.138. The standard InChI is InChI=1S/C15H12BrFO3/c1-9-2-4-12(17)6-11(9)8-20-14-7-10(15(18)19)3-5-13(14)16/h2-7H,8H2,1H3,(H,18,19). The van der Waals surface area contributed by atoms with Crippen molar-refractivity contribution >= 4 is 21.9 Å². The van der Waals surface area contributed by atoms with Crippen molar-refractivity contribution in [3.05, 3.63) is 63.4 Å². The van der Waals surface area contributed by atoms with Crippen molar-refractivity contribution < 1.29 is 19.0 Å². The largest absolute Gasteiger partial charge is 0.488 e. The topological polar surface area (TPSA) is 46.5 Å². The number of aryl methyl sites for hydroxylation is 1. The molecular formula is C15H12BrFO3. The Labute approximate surface area is 124 Å². The summed E-state index contributed by atoms with van der Waals surface area (Å²) >= 11 is 3.29. The van der Waals surface area contributed by atoms with Gasteiger partial charge in [0.2, 0.25) is 0 Å². The Balaban J connectivity index is 2.20. The van der Waals surface area contributed by atoms with E-state index in [9.17, 15) is 9.18 Å². The number of hydrogen-bond acceptors (Lipinski definition) is 2. The number of hydrogen-bond donors (Lipinski definition) is 1. The molecule has 0 atom stereocenters. The van der Waals surface area contributed by atoms with Gasteiger partial charge in [0.15, 0.2) is 0 Å². The zero-order chi connectivity index (χ0) is 14.7. The van der Waals surface area contributed by atoms with Gasteiger partial charge in [-0.1, -0.05) is 6.07 Å². The lowest BCUT2D eigenvalue weighted by atomic mass is 10.1. The highest BCUT2D eigenvalue weighted by atomic mass is 79.9. The summed E-state index contributed by atoms with van der Waals surface area (Å²) in [5, 5.41) is 8.95. The van der Waals surface area contributed by atoms with E-state index in [1.165, 1.54) is 24.3 Å². The van der Waals surface area contributed by atoms with Crippen LogP contribution in [0.2, 0.25) is 0 Å². The van der Waals surface area contributed by atoms with Gasteiger partial charge >= 0.3 is 5.97 Å². The molecule has 0 spiro atoms. The van der Waals surface area contributed by atoms with Crippen LogP contribution >= 0.6 is 15.9 Å². The number of rotatable bonds is 4. The Bertz CT molecular complexity index is 656. The fraction of sp³-hybridized carbons (Fsp3) is 0.133. The van der Waals surface area contributed by atoms with Crippen LogP contribution < -0.4 is 4.74 Å². The third-order valence-electron chi connectivity index (χ3n) is 2.87. The van der Waals surface area contributed by atoms with Crippen LogP contribution in [0, 0.1) is 12.7 Å². The average Bonchev–Trinajstić information content (AvgIpc) is 2.41. The summed E-state index contributed by atoms with van der Waals surface area (Å²) in [6.07, 6.45) is 0. The summed E-state index contributed by atoms with van der Waals surface area (Å²) in [6, 6.07) is 8.99. The lowest BCUT2D eigenvalue weighted by molar-refractivity contribution is 0.0696. The van der Waals surface area contributed by atoms with Gasteiger partial charge in [0, 0.05) is 0 Å². The Morgan fingerprint density at radius 1 is 1.30 bits per heavy atom. The predicted octanol–water partition coefficient (Wildman–Crippen LogP) is 4.17. The van der Waals surface area contributed by atoms with Gasteiger partial charge < -0.3 is 9.84 Å². The molecule has 0 heterocycles. The minimum atomic E-state index is -1.02. The van der Waals surface area contributed by atoms with Crippen molar-refractivity contribution in [2.45, 2.75) is 13.5 Å². The van der Waals surface area contributed by atoms with Gasteiger partial charge in [0.25, 0.3) is 0 Å². The molecule has 0 saturated heterocycles. The second kappa shape index (κ2) is 6.05. The van der Waals surface area contributed by atoms with E-state index in [-0.39, 0.29) is 18.0 Å². The van der Waals surface area contributed by atoms with Crippen molar-refractivity contribution in [2.75, 3.05) is 0 Å². The number of carboxylic acids is 1. The predicted molar refractivity (Wildman–Crippen MR) is 76.6 cm³/mol. The van der Waals surface area contributed by atoms with Gasteiger partial charge in [-0.05, 0) is 64.3 Å². The van der Waals surface area contributed by atoms with Crippen LogP contribution in [0.25, 0.3) is 0 Å². The number of halogens is 2. The van der Waals surface area contributed by atoms with Crippen molar-refractivity contribution in [1.82, 2.24) is 0 Å². The first kappa shape index (κ1) is 14.5. The van der Waals surface area contributed by atoms with E-state index < -0.39 is 5.97 Å². The molecule has 0 aliphatic heterocycles. The smallest absolute Gasteiger partial charge is 0.335 e. The molecular weight excluding hydrogens is 327 g/mol. The molecule has 1 N–H and O–H groups in total. The van der Waals surface area contributed by atoms with E-state index in [1.807, 2.05) is 6.92 Å². The van der Waals surface area contributed by atoms with Gasteiger partial charge in [-0.2, -0.15) is 0 Å². The monoisotopic (exact) mass is 338 g/mol. The summed E-state index contributed by atoms with van der Waals surface area (Å²) in [5.41, 5.74) is 1.77. The first-order valence-corrected chi connectivity index (χ1v) is 6.67. The maximum absolute atomic E-state index is 13.2. The number of aromatic carboxylic acids is 1. The van der Waals surface area contributed by atoms with Gasteiger partial charge in [-0.3, -0.25) is 0 Å². The summed E-state index contributed by atoms with van der Waals surface area (Å²) in [6.45, 7) is 2.03. The maximum atomic E-state index is 13.2. The Hall–Kier alpha value is -1.88. The molecule has 0 aliphatic carbocycles. The minimum Gasteiger partial charge on any atom is -0.488 e. The van der Waals surface area contributed by atoms with Crippen molar-refractivity contribution in [3.63, 3.8) is 0 Å². The van der Waals surface area contributed by atoms with Crippen LogP contribution in [-0.2, 0) is 6.61 Å². The normalized spacial score (nSPS) is 10.3. The lowest BCUT2D eigenvalue weighted by Crippen LogP contribution is -2.01. The van der Waals surface area contributed by atoms with E-state index in [4.69, 9.17) is 9.84 Å². The van der Waals surface area contributed by atoms with Crippen molar-refractivity contribution in [2.24, 2.45) is 0 Å². The molecule has 0 radical (unpaired) electrons. The van der Waals surface area contributed by atoms with Crippen LogP contribution in [-0.4, -0.2) is 11.1 Å². The van der Waals surface area contributed by atoms with E-state index in [1.54, 1.807) is 12.1 Å². The number of carbonyl (C=O) groups is 1. The van der Waals surface area contributed by atoms with Crippen LogP contribution in [0.1, 0.15) is 21.5 Å². The molecule has 0 aromatic heterocycles. The zero-order valence-electron chi connectivity index (χ0n) is 10.7. The molecule has 0 amide bonds.